The van der Waals surface area contributed by atoms with Crippen molar-refractivity contribution < 1.29 is 22.7 Å². The molecule has 0 aliphatic carbocycles. The van der Waals surface area contributed by atoms with Crippen LogP contribution in [0.1, 0.15) is 13.8 Å². The summed E-state index contributed by atoms with van der Waals surface area (Å²) in [7, 11) is -3.86. The van der Waals surface area contributed by atoms with E-state index in [4.69, 9.17) is 21.1 Å². The molecule has 0 radical (unpaired) electrons. The monoisotopic (exact) mass is 412 g/mol. The van der Waals surface area contributed by atoms with Gasteiger partial charge in [-0.2, -0.15) is 0 Å². The lowest BCUT2D eigenvalue weighted by molar-refractivity contribution is -0.113. The van der Waals surface area contributed by atoms with Gasteiger partial charge in [0.2, 0.25) is 5.91 Å². The van der Waals surface area contributed by atoms with Crippen LogP contribution in [0.15, 0.2) is 47.4 Å². The molecular formula is C18H21ClN2O5S. The van der Waals surface area contributed by atoms with Crippen LogP contribution in [0.2, 0.25) is 0 Å². The second-order valence-corrected chi connectivity index (χ2v) is 7.29. The Morgan fingerprint density at radius 2 is 1.70 bits per heavy atom. The molecule has 2 aromatic carbocycles. The molecule has 0 saturated carbocycles. The molecule has 146 valence electrons. The average molecular weight is 413 g/mol. The fraction of sp³-hybridized carbons (Fsp3) is 0.278. The number of benzene rings is 2. The van der Waals surface area contributed by atoms with Gasteiger partial charge < -0.3 is 14.8 Å². The molecule has 0 aliphatic rings. The summed E-state index contributed by atoms with van der Waals surface area (Å²) in [6.45, 7) is 4.49. The highest BCUT2D eigenvalue weighted by Gasteiger charge is 2.17. The number of nitrogens with one attached hydrogen (secondary N) is 2. The molecule has 0 aromatic heterocycles. The normalized spacial score (nSPS) is 10.9. The Morgan fingerprint density at radius 1 is 1.04 bits per heavy atom. The van der Waals surface area contributed by atoms with E-state index in [9.17, 15) is 13.2 Å². The number of hydrogen-bond donors (Lipinski definition) is 2. The number of carbonyl (C=O) groups is 1. The summed E-state index contributed by atoms with van der Waals surface area (Å²) in [6, 6.07) is 10.7. The van der Waals surface area contributed by atoms with Crippen molar-refractivity contribution in [2.75, 3.05) is 29.1 Å². The lowest BCUT2D eigenvalue weighted by Crippen LogP contribution is -2.15. The van der Waals surface area contributed by atoms with Crippen LogP contribution in [0.4, 0.5) is 11.4 Å². The molecule has 7 nitrogen and oxygen atoms in total. The minimum atomic E-state index is -3.86. The Hall–Kier alpha value is -2.45. The van der Waals surface area contributed by atoms with Crippen LogP contribution >= 0.6 is 11.6 Å². The standard InChI is InChI=1S/C18H21ClN2O5S/c1-3-25-14-7-10-17(26-4-2)16(11-14)21-27(23,24)15-8-5-13(6-9-15)20-18(22)12-19/h5-11,21H,3-4,12H2,1-2H3,(H,20,22). The van der Waals surface area contributed by atoms with Crippen LogP contribution in [0, 0.1) is 0 Å². The number of sulfonamides is 1. The molecule has 2 N–H and O–H groups in total. The largest absolute Gasteiger partial charge is 0.494 e. The zero-order chi connectivity index (χ0) is 19.9. The van der Waals surface area contributed by atoms with Crippen LogP contribution in [0.3, 0.4) is 0 Å². The number of hydrogen-bond acceptors (Lipinski definition) is 5. The topological polar surface area (TPSA) is 93.7 Å². The van der Waals surface area contributed by atoms with Gasteiger partial charge in [-0.3, -0.25) is 9.52 Å². The summed E-state index contributed by atoms with van der Waals surface area (Å²) >= 11 is 5.43. The quantitative estimate of drug-likeness (QED) is 0.615. The van der Waals surface area contributed by atoms with E-state index >= 15 is 0 Å². The molecule has 0 saturated heterocycles. The molecule has 27 heavy (non-hydrogen) atoms. The van der Waals surface area contributed by atoms with E-state index in [1.807, 2.05) is 13.8 Å². The second kappa shape index (κ2) is 9.48. The molecule has 0 unspecified atom stereocenters. The van der Waals surface area contributed by atoms with Crippen molar-refractivity contribution in [1.29, 1.82) is 0 Å². The summed E-state index contributed by atoms with van der Waals surface area (Å²) in [5, 5.41) is 2.54. The molecule has 2 rings (SSSR count). The van der Waals surface area contributed by atoms with Gasteiger partial charge in [-0.25, -0.2) is 8.42 Å². The van der Waals surface area contributed by atoms with Gasteiger partial charge >= 0.3 is 0 Å². The number of halogens is 1. The third-order valence-electron chi connectivity index (χ3n) is 3.38. The highest BCUT2D eigenvalue weighted by atomic mass is 35.5. The zero-order valence-corrected chi connectivity index (χ0v) is 16.6. The first-order valence-electron chi connectivity index (χ1n) is 8.28. The predicted octanol–water partition coefficient (Wildman–Crippen LogP) is 3.46. The minimum Gasteiger partial charge on any atom is -0.494 e. The maximum Gasteiger partial charge on any atom is 0.262 e. The maximum absolute atomic E-state index is 12.7. The number of carbonyl (C=O) groups excluding carboxylic acids is 1. The van der Waals surface area contributed by atoms with E-state index in [-0.39, 0.29) is 22.4 Å². The summed E-state index contributed by atoms with van der Waals surface area (Å²) in [6.07, 6.45) is 0. The highest BCUT2D eigenvalue weighted by molar-refractivity contribution is 7.92. The first kappa shape index (κ1) is 20.9. The third kappa shape index (κ3) is 5.77. The first-order valence-corrected chi connectivity index (χ1v) is 10.3. The molecule has 9 heteroatoms. The van der Waals surface area contributed by atoms with Crippen molar-refractivity contribution >= 4 is 38.9 Å². The van der Waals surface area contributed by atoms with E-state index in [2.05, 4.69) is 10.0 Å². The summed E-state index contributed by atoms with van der Waals surface area (Å²) in [4.78, 5) is 11.3. The van der Waals surface area contributed by atoms with Gasteiger partial charge in [-0.15, -0.1) is 11.6 Å². The van der Waals surface area contributed by atoms with E-state index in [0.29, 0.717) is 30.4 Å². The molecule has 2 aromatic rings. The minimum absolute atomic E-state index is 0.0376. The Labute approximate surface area is 163 Å². The maximum atomic E-state index is 12.7. The van der Waals surface area contributed by atoms with Crippen LogP contribution in [-0.2, 0) is 14.8 Å². The van der Waals surface area contributed by atoms with Crippen molar-refractivity contribution in [3.8, 4) is 11.5 Å². The van der Waals surface area contributed by atoms with Gasteiger partial charge in [0.05, 0.1) is 23.8 Å². The lowest BCUT2D eigenvalue weighted by Gasteiger charge is -2.15. The second-order valence-electron chi connectivity index (χ2n) is 5.34. The fourth-order valence-corrected chi connectivity index (χ4v) is 3.37. The molecule has 0 heterocycles. The van der Waals surface area contributed by atoms with Gasteiger partial charge in [0.15, 0.2) is 0 Å². The van der Waals surface area contributed by atoms with Crippen LogP contribution < -0.4 is 19.5 Å². The smallest absolute Gasteiger partial charge is 0.262 e. The van der Waals surface area contributed by atoms with Gasteiger partial charge in [0.1, 0.15) is 17.4 Å². The number of amides is 1. The van der Waals surface area contributed by atoms with Crippen LogP contribution in [-0.4, -0.2) is 33.4 Å². The number of alkyl halides is 1. The molecular weight excluding hydrogens is 392 g/mol. The molecule has 0 aliphatic heterocycles. The van der Waals surface area contributed by atoms with Crippen LogP contribution in [0.25, 0.3) is 0 Å². The van der Waals surface area contributed by atoms with E-state index in [1.165, 1.54) is 24.3 Å². The molecule has 1 amide bonds. The Kier molecular flexibility index (Phi) is 7.32. The summed E-state index contributed by atoms with van der Waals surface area (Å²) in [5.41, 5.74) is 0.732. The van der Waals surface area contributed by atoms with Crippen molar-refractivity contribution in [3.63, 3.8) is 0 Å². The highest BCUT2D eigenvalue weighted by Crippen LogP contribution is 2.31. The van der Waals surface area contributed by atoms with E-state index in [1.54, 1.807) is 18.2 Å². The molecule has 0 bridgehead atoms. The van der Waals surface area contributed by atoms with Gasteiger partial charge in [0, 0.05) is 11.8 Å². The molecule has 0 atom stereocenters. The Bertz CT molecular complexity index is 885. The van der Waals surface area contributed by atoms with Crippen molar-refractivity contribution in [2.24, 2.45) is 0 Å². The fourth-order valence-electron chi connectivity index (χ4n) is 2.24. The molecule has 0 fully saturated rings. The average Bonchev–Trinajstić information content (AvgIpc) is 2.64. The van der Waals surface area contributed by atoms with Crippen molar-refractivity contribution in [1.82, 2.24) is 0 Å². The third-order valence-corrected chi connectivity index (χ3v) is 5.00. The van der Waals surface area contributed by atoms with Gasteiger partial charge in [-0.1, -0.05) is 0 Å². The number of rotatable bonds is 9. The number of anilines is 2. The zero-order valence-electron chi connectivity index (χ0n) is 15.0. The predicted molar refractivity (Wildman–Crippen MR) is 105 cm³/mol. The SMILES string of the molecule is CCOc1ccc(OCC)c(NS(=O)(=O)c2ccc(NC(=O)CCl)cc2)c1. The van der Waals surface area contributed by atoms with Crippen molar-refractivity contribution in [3.05, 3.63) is 42.5 Å². The Morgan fingerprint density at radius 3 is 2.30 bits per heavy atom. The van der Waals surface area contributed by atoms with E-state index in [0.717, 1.165) is 0 Å². The summed E-state index contributed by atoms with van der Waals surface area (Å²) < 4.78 is 38.8. The lowest BCUT2D eigenvalue weighted by atomic mass is 10.3. The Balaban J connectivity index is 2.26. The first-order chi connectivity index (χ1) is 12.9. The van der Waals surface area contributed by atoms with Gasteiger partial charge in [0.25, 0.3) is 10.0 Å². The molecule has 0 spiro atoms. The van der Waals surface area contributed by atoms with Crippen LogP contribution in [0.5, 0.6) is 11.5 Å². The van der Waals surface area contributed by atoms with Gasteiger partial charge in [-0.05, 0) is 50.2 Å². The van der Waals surface area contributed by atoms with E-state index < -0.39 is 10.0 Å². The number of ether oxygens (including phenoxy) is 2. The summed E-state index contributed by atoms with van der Waals surface area (Å²) in [5.74, 6) is 0.366. The van der Waals surface area contributed by atoms with Crippen molar-refractivity contribution in [2.45, 2.75) is 18.7 Å².